The Labute approximate surface area is 79.7 Å². The zero-order valence-electron chi connectivity index (χ0n) is 6.13. The third-order valence-corrected chi connectivity index (χ3v) is 1.42. The van der Waals surface area contributed by atoms with Crippen LogP contribution in [-0.4, -0.2) is 22.5 Å². The summed E-state index contributed by atoms with van der Waals surface area (Å²) in [6.45, 7) is 0.372. The lowest BCUT2D eigenvalue weighted by molar-refractivity contribution is 0.342. The molecule has 0 atom stereocenters. The molecule has 0 spiro atoms. The monoisotopic (exact) mass is 207 g/mol. The van der Waals surface area contributed by atoms with Crippen molar-refractivity contribution in [2.45, 2.75) is 0 Å². The van der Waals surface area contributed by atoms with Crippen molar-refractivity contribution in [2.24, 2.45) is 0 Å². The van der Waals surface area contributed by atoms with Crippen molar-refractivity contribution in [3.8, 4) is 5.75 Å². The van der Waals surface area contributed by atoms with Crippen molar-refractivity contribution in [2.75, 3.05) is 18.2 Å². The average molecular weight is 208 g/mol. The van der Waals surface area contributed by atoms with Gasteiger partial charge in [-0.05, 0) is 11.6 Å². The van der Waals surface area contributed by atoms with Crippen LogP contribution < -0.4 is 10.5 Å². The van der Waals surface area contributed by atoms with Gasteiger partial charge >= 0.3 is 0 Å². The van der Waals surface area contributed by atoms with Crippen molar-refractivity contribution in [1.82, 2.24) is 9.97 Å². The minimum atomic E-state index is 0.103. The lowest BCUT2D eigenvalue weighted by atomic mass is 10.5. The Morgan fingerprint density at radius 1 is 1.58 bits per heavy atom. The molecule has 0 radical (unpaired) electrons. The molecule has 1 aromatic rings. The predicted molar refractivity (Wildman–Crippen MR) is 47.7 cm³/mol. The highest BCUT2D eigenvalue weighted by Crippen LogP contribution is 2.18. The molecular weight excluding hydrogens is 201 g/mol. The number of alkyl halides is 1. The van der Waals surface area contributed by atoms with Crippen LogP contribution in [0, 0.1) is 0 Å². The number of hydrogen-bond donors (Lipinski definition) is 1. The van der Waals surface area contributed by atoms with Crippen LogP contribution in [0.2, 0.25) is 5.28 Å². The Balaban J connectivity index is 2.72. The summed E-state index contributed by atoms with van der Waals surface area (Å²) in [5.74, 6) is 1.02. The predicted octanol–water partition coefficient (Wildman–Crippen LogP) is 1.33. The van der Waals surface area contributed by atoms with Crippen molar-refractivity contribution in [1.29, 1.82) is 0 Å². The Morgan fingerprint density at radius 2 is 2.33 bits per heavy atom. The van der Waals surface area contributed by atoms with E-state index >= 15 is 0 Å². The Bertz CT molecular complexity index is 269. The summed E-state index contributed by atoms with van der Waals surface area (Å²) in [5, 5.41) is 0.103. The normalized spacial score (nSPS) is 9.83. The van der Waals surface area contributed by atoms with Crippen LogP contribution in [0.1, 0.15) is 0 Å². The largest absolute Gasteiger partial charge is 0.487 e. The number of anilines is 1. The van der Waals surface area contributed by atoms with E-state index in [1.165, 1.54) is 6.20 Å². The Kier molecular flexibility index (Phi) is 3.37. The highest BCUT2D eigenvalue weighted by molar-refractivity contribution is 6.28. The van der Waals surface area contributed by atoms with Crippen LogP contribution in [0.25, 0.3) is 0 Å². The second-order valence-electron chi connectivity index (χ2n) is 1.93. The van der Waals surface area contributed by atoms with E-state index in [1.807, 2.05) is 0 Å². The first-order valence-electron chi connectivity index (χ1n) is 3.21. The molecule has 0 saturated heterocycles. The molecule has 0 aliphatic rings. The maximum absolute atomic E-state index is 5.47. The van der Waals surface area contributed by atoms with Gasteiger partial charge in [-0.3, -0.25) is 0 Å². The van der Waals surface area contributed by atoms with Crippen LogP contribution in [0.5, 0.6) is 5.75 Å². The molecule has 4 nitrogen and oxygen atoms in total. The van der Waals surface area contributed by atoms with Gasteiger partial charge in [0.05, 0.1) is 12.1 Å². The van der Waals surface area contributed by atoms with Crippen LogP contribution in [0.3, 0.4) is 0 Å². The van der Waals surface area contributed by atoms with E-state index in [-0.39, 0.29) is 11.1 Å². The fraction of sp³-hybridized carbons (Fsp3) is 0.333. The highest BCUT2D eigenvalue weighted by atomic mass is 35.5. The molecule has 0 aromatic carbocycles. The molecular formula is C6H7Cl2N3O. The topological polar surface area (TPSA) is 61.0 Å². The second-order valence-corrected chi connectivity index (χ2v) is 2.64. The van der Waals surface area contributed by atoms with Gasteiger partial charge in [-0.25, -0.2) is 4.98 Å². The van der Waals surface area contributed by atoms with Gasteiger partial charge in [0.1, 0.15) is 6.61 Å². The number of aromatic nitrogens is 2. The van der Waals surface area contributed by atoms with E-state index in [4.69, 9.17) is 33.7 Å². The van der Waals surface area contributed by atoms with Gasteiger partial charge in [-0.15, -0.1) is 11.6 Å². The summed E-state index contributed by atoms with van der Waals surface area (Å²) in [4.78, 5) is 7.39. The molecule has 12 heavy (non-hydrogen) atoms. The lowest BCUT2D eigenvalue weighted by Gasteiger charge is -2.04. The first kappa shape index (κ1) is 9.35. The summed E-state index contributed by atoms with van der Waals surface area (Å²) >= 11 is 10.9. The summed E-state index contributed by atoms with van der Waals surface area (Å²) in [7, 11) is 0. The Morgan fingerprint density at radius 3 is 2.92 bits per heavy atom. The van der Waals surface area contributed by atoms with Gasteiger partial charge in [-0.1, -0.05) is 0 Å². The van der Waals surface area contributed by atoms with Gasteiger partial charge in [0.15, 0.2) is 11.6 Å². The fourth-order valence-electron chi connectivity index (χ4n) is 0.621. The van der Waals surface area contributed by atoms with Crippen molar-refractivity contribution >= 4 is 29.0 Å². The standard InChI is InChI=1S/C6H7Cl2N3O/c7-1-2-12-4-3-10-6(8)11-5(4)9/h3H,1-2H2,(H2,9,10,11). The molecule has 0 fully saturated rings. The molecule has 66 valence electrons. The molecule has 1 rings (SSSR count). The minimum Gasteiger partial charge on any atom is -0.487 e. The third-order valence-electron chi connectivity index (χ3n) is 1.09. The quantitative estimate of drug-likeness (QED) is 0.601. The van der Waals surface area contributed by atoms with Gasteiger partial charge in [0, 0.05) is 0 Å². The molecule has 0 aliphatic heterocycles. The van der Waals surface area contributed by atoms with Crippen LogP contribution in [0.15, 0.2) is 6.20 Å². The minimum absolute atomic E-state index is 0.103. The van der Waals surface area contributed by atoms with Crippen LogP contribution in [-0.2, 0) is 0 Å². The van der Waals surface area contributed by atoms with Crippen LogP contribution >= 0.6 is 23.2 Å². The molecule has 0 unspecified atom stereocenters. The maximum Gasteiger partial charge on any atom is 0.224 e. The first-order chi connectivity index (χ1) is 5.74. The molecule has 1 aromatic heterocycles. The summed E-state index contributed by atoms with van der Waals surface area (Å²) in [6, 6.07) is 0. The molecule has 2 N–H and O–H groups in total. The second kappa shape index (κ2) is 4.33. The maximum atomic E-state index is 5.47. The molecule has 1 heterocycles. The van der Waals surface area contributed by atoms with Gasteiger partial charge in [-0.2, -0.15) is 4.98 Å². The van der Waals surface area contributed by atoms with Crippen molar-refractivity contribution in [3.05, 3.63) is 11.5 Å². The number of ether oxygens (including phenoxy) is 1. The molecule has 0 amide bonds. The van der Waals surface area contributed by atoms with Crippen LogP contribution in [0.4, 0.5) is 5.82 Å². The summed E-state index contributed by atoms with van der Waals surface area (Å²) in [5.41, 5.74) is 5.46. The van der Waals surface area contributed by atoms with E-state index in [1.54, 1.807) is 0 Å². The zero-order valence-corrected chi connectivity index (χ0v) is 7.64. The molecule has 6 heteroatoms. The molecule has 0 aliphatic carbocycles. The van der Waals surface area contributed by atoms with E-state index in [0.29, 0.717) is 18.2 Å². The van der Waals surface area contributed by atoms with E-state index in [2.05, 4.69) is 9.97 Å². The van der Waals surface area contributed by atoms with Gasteiger partial charge < -0.3 is 10.5 Å². The van der Waals surface area contributed by atoms with Gasteiger partial charge in [0.25, 0.3) is 0 Å². The number of nitrogens with zero attached hydrogens (tertiary/aromatic N) is 2. The van der Waals surface area contributed by atoms with E-state index < -0.39 is 0 Å². The summed E-state index contributed by atoms with van der Waals surface area (Å²) in [6.07, 6.45) is 1.41. The van der Waals surface area contributed by atoms with Crippen molar-refractivity contribution < 1.29 is 4.74 Å². The molecule has 0 saturated carbocycles. The number of halogens is 2. The lowest BCUT2D eigenvalue weighted by Crippen LogP contribution is -2.03. The van der Waals surface area contributed by atoms with Gasteiger partial charge in [0.2, 0.25) is 5.28 Å². The fourth-order valence-corrected chi connectivity index (χ4v) is 0.838. The SMILES string of the molecule is Nc1nc(Cl)ncc1OCCCl. The average Bonchev–Trinajstić information content (AvgIpc) is 2.03. The highest BCUT2D eigenvalue weighted by Gasteiger charge is 2.02. The number of hydrogen-bond acceptors (Lipinski definition) is 4. The molecule has 0 bridgehead atoms. The van der Waals surface area contributed by atoms with Crippen molar-refractivity contribution in [3.63, 3.8) is 0 Å². The summed E-state index contributed by atoms with van der Waals surface area (Å²) < 4.78 is 5.10. The smallest absolute Gasteiger partial charge is 0.224 e. The first-order valence-corrected chi connectivity index (χ1v) is 4.12. The number of nitrogen functional groups attached to an aromatic ring is 1. The van der Waals surface area contributed by atoms with E-state index in [0.717, 1.165) is 0 Å². The third kappa shape index (κ3) is 2.39. The number of rotatable bonds is 3. The zero-order chi connectivity index (χ0) is 8.97. The number of nitrogens with two attached hydrogens (primary N) is 1. The Hall–Kier alpha value is -0.740. The van der Waals surface area contributed by atoms with E-state index in [9.17, 15) is 0 Å².